The molecule has 10 aromatic carbocycles. The summed E-state index contributed by atoms with van der Waals surface area (Å²) in [6.45, 7) is 14.4. The van der Waals surface area contributed by atoms with Crippen molar-refractivity contribution in [3.63, 3.8) is 0 Å². The van der Waals surface area contributed by atoms with Gasteiger partial charge >= 0.3 is 0 Å². The summed E-state index contributed by atoms with van der Waals surface area (Å²) in [5.74, 6) is 0. The van der Waals surface area contributed by atoms with Crippen molar-refractivity contribution >= 4 is 32.3 Å². The molecule has 0 saturated carbocycles. The van der Waals surface area contributed by atoms with Gasteiger partial charge in [0.25, 0.3) is 0 Å². The minimum absolute atomic E-state index is 0.0274. The van der Waals surface area contributed by atoms with E-state index in [9.17, 15) is 0 Å². The van der Waals surface area contributed by atoms with Crippen LogP contribution in [0.25, 0.3) is 121 Å². The van der Waals surface area contributed by atoms with Crippen molar-refractivity contribution in [2.45, 2.75) is 57.8 Å². The van der Waals surface area contributed by atoms with E-state index in [4.69, 9.17) is 4.98 Å². The van der Waals surface area contributed by atoms with Crippen LogP contribution in [0.15, 0.2) is 188 Å². The van der Waals surface area contributed by atoms with Crippen LogP contribution in [0.5, 0.6) is 0 Å². The standard InChI is InChI=1S/C68H49N/c1-66(2)58-19-10-9-15-45(58)46-25-20-38(31-59(46)66)39-21-26-47-48-27-22-40(33-61(48)67(3,4)60(47)32-39)41-23-28-49-50-29-24-42(35-63(50)68(5,6)62(49)34-41)54-36-56-52-17-11-16-51-53-18-12-30-69-65(53)57(64(51)52)37-55(56)44-14-8-7-13-43(44)54/h7-37H,1-6H3. The largest absolute Gasteiger partial charge is 0.256 e. The number of rotatable bonds is 3. The van der Waals surface area contributed by atoms with Crippen LogP contribution in [0.4, 0.5) is 0 Å². The van der Waals surface area contributed by atoms with Gasteiger partial charge in [-0.15, -0.1) is 0 Å². The Kier molecular flexibility index (Phi) is 7.50. The van der Waals surface area contributed by atoms with E-state index in [2.05, 4.69) is 224 Å². The minimum Gasteiger partial charge on any atom is -0.256 e. The summed E-state index contributed by atoms with van der Waals surface area (Å²) < 4.78 is 0. The Morgan fingerprint density at radius 2 is 0.667 bits per heavy atom. The van der Waals surface area contributed by atoms with Crippen molar-refractivity contribution in [1.29, 1.82) is 0 Å². The fraction of sp³-hybridized carbons (Fsp3) is 0.132. The SMILES string of the molecule is CC1(C)c2ccccc2-c2ccc(-c3ccc4c(c3)C(C)(C)c3cc(-c5ccc6c(c5)C(C)(C)c5cc(-c7cc8c9cccc%10c9c(cc8c8ccccc78)-c7ncccc7-%10)ccc5-6)ccc3-4)cc21. The van der Waals surface area contributed by atoms with E-state index < -0.39 is 0 Å². The molecule has 0 saturated heterocycles. The Hall–Kier alpha value is -7.87. The van der Waals surface area contributed by atoms with Crippen molar-refractivity contribution in [3.05, 3.63) is 222 Å². The van der Waals surface area contributed by atoms with Gasteiger partial charge in [-0.1, -0.05) is 175 Å². The predicted octanol–water partition coefficient (Wildman–Crippen LogP) is 18.1. The van der Waals surface area contributed by atoms with Crippen molar-refractivity contribution in [1.82, 2.24) is 4.98 Å². The average Bonchev–Trinajstić information content (AvgIpc) is 3.99. The normalized spacial score (nSPS) is 15.4. The van der Waals surface area contributed by atoms with Gasteiger partial charge in [0.15, 0.2) is 0 Å². The smallest absolute Gasteiger partial charge is 0.0787 e. The average molecular weight is 880 g/mol. The van der Waals surface area contributed by atoms with Crippen LogP contribution in [-0.4, -0.2) is 4.98 Å². The summed E-state index contributed by atoms with van der Waals surface area (Å²) in [6, 6.07) is 69.8. The summed E-state index contributed by atoms with van der Waals surface area (Å²) in [7, 11) is 0. The summed E-state index contributed by atoms with van der Waals surface area (Å²) in [5, 5.41) is 7.74. The summed E-state index contributed by atoms with van der Waals surface area (Å²) in [5.41, 5.74) is 28.7. The van der Waals surface area contributed by atoms with Crippen molar-refractivity contribution < 1.29 is 0 Å². The first kappa shape index (κ1) is 39.2. The number of pyridine rings is 1. The maximum absolute atomic E-state index is 4.89. The van der Waals surface area contributed by atoms with Crippen LogP contribution in [0.1, 0.15) is 74.9 Å². The van der Waals surface area contributed by atoms with Gasteiger partial charge in [-0.25, -0.2) is 0 Å². The van der Waals surface area contributed by atoms with Gasteiger partial charge in [0, 0.05) is 33.6 Å². The molecule has 0 unspecified atom stereocenters. The third-order valence-electron chi connectivity index (χ3n) is 17.3. The van der Waals surface area contributed by atoms with Crippen molar-refractivity contribution in [3.8, 4) is 89.1 Å². The summed E-state index contributed by atoms with van der Waals surface area (Å²) in [6.07, 6.45) is 1.92. The molecule has 4 aliphatic rings. The highest BCUT2D eigenvalue weighted by Gasteiger charge is 2.39. The second kappa shape index (κ2) is 13.2. The molecule has 11 aromatic rings. The molecule has 1 nitrogen and oxygen atoms in total. The third kappa shape index (κ3) is 5.07. The fourth-order valence-corrected chi connectivity index (χ4v) is 13.6. The Balaban J connectivity index is 0.785. The molecule has 15 rings (SSSR count). The molecule has 4 aliphatic carbocycles. The first-order chi connectivity index (χ1) is 33.5. The van der Waals surface area contributed by atoms with Gasteiger partial charge in [-0.2, -0.15) is 0 Å². The van der Waals surface area contributed by atoms with Crippen LogP contribution in [0.3, 0.4) is 0 Å². The topological polar surface area (TPSA) is 12.9 Å². The summed E-state index contributed by atoms with van der Waals surface area (Å²) >= 11 is 0. The zero-order valence-corrected chi connectivity index (χ0v) is 39.8. The lowest BCUT2D eigenvalue weighted by Crippen LogP contribution is -2.16. The van der Waals surface area contributed by atoms with Crippen LogP contribution in [-0.2, 0) is 16.2 Å². The van der Waals surface area contributed by atoms with Gasteiger partial charge in [-0.05, 0) is 187 Å². The lowest BCUT2D eigenvalue weighted by molar-refractivity contribution is 0.659. The van der Waals surface area contributed by atoms with E-state index in [1.807, 2.05) is 6.20 Å². The molecule has 0 spiro atoms. The van der Waals surface area contributed by atoms with Crippen molar-refractivity contribution in [2.24, 2.45) is 0 Å². The van der Waals surface area contributed by atoms with E-state index in [0.717, 1.165) is 5.69 Å². The fourth-order valence-electron chi connectivity index (χ4n) is 13.6. The Morgan fingerprint density at radius 3 is 1.25 bits per heavy atom. The van der Waals surface area contributed by atoms with Gasteiger partial charge in [0.1, 0.15) is 0 Å². The lowest BCUT2D eigenvalue weighted by Gasteiger charge is -2.24. The molecule has 0 bridgehead atoms. The zero-order chi connectivity index (χ0) is 46.3. The van der Waals surface area contributed by atoms with Gasteiger partial charge in [0.2, 0.25) is 0 Å². The first-order valence-electron chi connectivity index (χ1n) is 24.7. The van der Waals surface area contributed by atoms with Crippen LogP contribution in [0, 0.1) is 0 Å². The molecule has 0 fully saturated rings. The van der Waals surface area contributed by atoms with Gasteiger partial charge in [0.05, 0.1) is 5.69 Å². The highest BCUT2D eigenvalue weighted by Crippen LogP contribution is 2.56. The van der Waals surface area contributed by atoms with Crippen LogP contribution in [0.2, 0.25) is 0 Å². The summed E-state index contributed by atoms with van der Waals surface area (Å²) in [4.78, 5) is 4.89. The molecule has 1 aromatic heterocycles. The number of aromatic nitrogens is 1. The molecule has 1 heteroatoms. The maximum Gasteiger partial charge on any atom is 0.0787 e. The number of hydrogen-bond acceptors (Lipinski definition) is 1. The molecule has 326 valence electrons. The molecule has 0 N–H and O–H groups in total. The Bertz CT molecular complexity index is 4160. The molecule has 0 radical (unpaired) electrons. The molecule has 0 atom stereocenters. The van der Waals surface area contributed by atoms with E-state index in [-0.39, 0.29) is 16.2 Å². The zero-order valence-electron chi connectivity index (χ0n) is 39.8. The van der Waals surface area contributed by atoms with E-state index in [0.29, 0.717) is 0 Å². The van der Waals surface area contributed by atoms with E-state index >= 15 is 0 Å². The molecule has 0 amide bonds. The molecular weight excluding hydrogens is 831 g/mol. The number of hydrogen-bond donors (Lipinski definition) is 0. The highest BCUT2D eigenvalue weighted by molar-refractivity contribution is 6.28. The van der Waals surface area contributed by atoms with Crippen LogP contribution >= 0.6 is 0 Å². The van der Waals surface area contributed by atoms with E-state index in [1.165, 1.54) is 149 Å². The van der Waals surface area contributed by atoms with Gasteiger partial charge in [-0.3, -0.25) is 4.98 Å². The minimum atomic E-state index is -0.185. The Morgan fingerprint density at radius 1 is 0.261 bits per heavy atom. The van der Waals surface area contributed by atoms with Crippen molar-refractivity contribution in [2.75, 3.05) is 0 Å². The molecule has 69 heavy (non-hydrogen) atoms. The van der Waals surface area contributed by atoms with Crippen LogP contribution < -0.4 is 0 Å². The van der Waals surface area contributed by atoms with Gasteiger partial charge < -0.3 is 0 Å². The Labute approximate surface area is 403 Å². The second-order valence-corrected chi connectivity index (χ2v) is 21.8. The number of benzene rings is 10. The third-order valence-corrected chi connectivity index (χ3v) is 17.3. The molecular formula is C68H49N. The second-order valence-electron chi connectivity index (χ2n) is 21.8. The highest BCUT2D eigenvalue weighted by atomic mass is 14.7. The molecule has 1 heterocycles. The van der Waals surface area contributed by atoms with E-state index in [1.54, 1.807) is 0 Å². The predicted molar refractivity (Wildman–Crippen MR) is 290 cm³/mol. The molecule has 0 aliphatic heterocycles. The quantitative estimate of drug-likeness (QED) is 0.161. The monoisotopic (exact) mass is 879 g/mol. The maximum atomic E-state index is 4.89. The number of fused-ring (bicyclic) bond motifs is 16. The lowest BCUT2D eigenvalue weighted by atomic mass is 9.79. The number of nitrogens with zero attached hydrogens (tertiary/aromatic N) is 1. The first-order valence-corrected chi connectivity index (χ1v) is 24.7.